The number of hydrogen-bond donors (Lipinski definition) is 1. The summed E-state index contributed by atoms with van der Waals surface area (Å²) in [7, 11) is 0. The Hall–Kier alpha value is -2.53. The van der Waals surface area contributed by atoms with Crippen LogP contribution in [0.1, 0.15) is 19.3 Å². The highest BCUT2D eigenvalue weighted by Gasteiger charge is 2.27. The second kappa shape index (κ2) is 9.42. The van der Waals surface area contributed by atoms with Gasteiger partial charge >= 0.3 is 0 Å². The average Bonchev–Trinajstić information content (AvgIpc) is 2.70. The van der Waals surface area contributed by atoms with Crippen LogP contribution in [0.3, 0.4) is 0 Å². The molecule has 27 heavy (non-hydrogen) atoms. The smallest absolute Gasteiger partial charge is 0.227 e. The molecule has 0 spiro atoms. The van der Waals surface area contributed by atoms with Crippen LogP contribution in [-0.2, 0) is 9.59 Å². The zero-order chi connectivity index (χ0) is 19.1. The summed E-state index contributed by atoms with van der Waals surface area (Å²) in [5.41, 5.74) is 0.737. The first-order chi connectivity index (χ1) is 13.1. The van der Waals surface area contributed by atoms with E-state index in [-0.39, 0.29) is 17.7 Å². The van der Waals surface area contributed by atoms with Gasteiger partial charge in [0.05, 0.1) is 13.0 Å². The Kier molecular flexibility index (Phi) is 6.71. The van der Waals surface area contributed by atoms with E-state index in [1.54, 1.807) is 24.3 Å². The highest BCUT2D eigenvalue weighted by molar-refractivity contribution is 6.30. The Labute approximate surface area is 164 Å². The van der Waals surface area contributed by atoms with Crippen LogP contribution in [0.4, 0.5) is 5.69 Å². The third-order valence-electron chi connectivity index (χ3n) is 4.66. The number of amides is 2. The molecule has 1 N–H and O–H groups in total. The number of rotatable bonds is 6. The Morgan fingerprint density at radius 2 is 1.70 bits per heavy atom. The zero-order valence-electron chi connectivity index (χ0n) is 15.1. The molecule has 5 nitrogen and oxygen atoms in total. The van der Waals surface area contributed by atoms with Crippen molar-refractivity contribution >= 4 is 29.1 Å². The van der Waals surface area contributed by atoms with E-state index in [0.29, 0.717) is 44.0 Å². The maximum Gasteiger partial charge on any atom is 0.227 e. The van der Waals surface area contributed by atoms with Crippen molar-refractivity contribution in [1.82, 2.24) is 4.90 Å². The van der Waals surface area contributed by atoms with Crippen molar-refractivity contribution in [2.24, 2.45) is 5.92 Å². The summed E-state index contributed by atoms with van der Waals surface area (Å²) in [6, 6.07) is 16.5. The van der Waals surface area contributed by atoms with Crippen molar-refractivity contribution in [1.29, 1.82) is 0 Å². The molecular weight excluding hydrogens is 364 g/mol. The van der Waals surface area contributed by atoms with Crippen LogP contribution in [0.5, 0.6) is 5.75 Å². The predicted molar refractivity (Wildman–Crippen MR) is 106 cm³/mol. The van der Waals surface area contributed by atoms with Gasteiger partial charge in [-0.1, -0.05) is 29.8 Å². The number of nitrogens with zero attached hydrogens (tertiary/aromatic N) is 1. The molecule has 6 heteroatoms. The summed E-state index contributed by atoms with van der Waals surface area (Å²) in [5.74, 6) is 0.757. The first-order valence-electron chi connectivity index (χ1n) is 9.14. The molecule has 0 atom stereocenters. The summed E-state index contributed by atoms with van der Waals surface area (Å²) in [6.45, 7) is 1.56. The third-order valence-corrected chi connectivity index (χ3v) is 4.91. The second-order valence-electron chi connectivity index (χ2n) is 6.56. The molecule has 1 saturated heterocycles. The van der Waals surface area contributed by atoms with Gasteiger partial charge in [-0.15, -0.1) is 0 Å². The van der Waals surface area contributed by atoms with Crippen LogP contribution in [0.25, 0.3) is 0 Å². The number of halogens is 1. The number of carbonyl (C=O) groups is 2. The lowest BCUT2D eigenvalue weighted by atomic mass is 9.95. The molecule has 2 amide bonds. The van der Waals surface area contributed by atoms with Gasteiger partial charge in [-0.3, -0.25) is 9.59 Å². The summed E-state index contributed by atoms with van der Waals surface area (Å²) in [4.78, 5) is 26.5. The summed E-state index contributed by atoms with van der Waals surface area (Å²) < 4.78 is 5.58. The van der Waals surface area contributed by atoms with Gasteiger partial charge in [-0.25, -0.2) is 0 Å². The topological polar surface area (TPSA) is 58.6 Å². The first-order valence-corrected chi connectivity index (χ1v) is 9.51. The molecule has 2 aromatic rings. The van der Waals surface area contributed by atoms with Gasteiger partial charge in [-0.05, 0) is 49.2 Å². The van der Waals surface area contributed by atoms with E-state index in [1.807, 2.05) is 35.2 Å². The Balaban J connectivity index is 1.39. The molecule has 0 unspecified atom stereocenters. The molecule has 1 heterocycles. The van der Waals surface area contributed by atoms with Gasteiger partial charge < -0.3 is 15.0 Å². The molecular formula is C21H23ClN2O3. The highest BCUT2D eigenvalue weighted by Crippen LogP contribution is 2.21. The van der Waals surface area contributed by atoms with Crippen LogP contribution in [0, 0.1) is 5.92 Å². The van der Waals surface area contributed by atoms with Gasteiger partial charge in [0.2, 0.25) is 11.8 Å². The summed E-state index contributed by atoms with van der Waals surface area (Å²) in [6.07, 6.45) is 1.69. The maximum atomic E-state index is 12.4. The third kappa shape index (κ3) is 5.73. The van der Waals surface area contributed by atoms with E-state index in [9.17, 15) is 9.59 Å². The fraction of sp³-hybridized carbons (Fsp3) is 0.333. The second-order valence-corrected chi connectivity index (χ2v) is 7.00. The molecule has 2 aromatic carbocycles. The van der Waals surface area contributed by atoms with E-state index in [1.165, 1.54) is 0 Å². The maximum absolute atomic E-state index is 12.4. The Morgan fingerprint density at radius 1 is 1.04 bits per heavy atom. The number of likely N-dealkylation sites (tertiary alicyclic amines) is 1. The molecule has 1 fully saturated rings. The van der Waals surface area contributed by atoms with Crippen LogP contribution in [0.15, 0.2) is 54.6 Å². The van der Waals surface area contributed by atoms with Gasteiger partial charge in [0.15, 0.2) is 0 Å². The van der Waals surface area contributed by atoms with E-state index in [0.717, 1.165) is 11.4 Å². The van der Waals surface area contributed by atoms with Gasteiger partial charge in [0.1, 0.15) is 5.75 Å². The molecule has 3 rings (SSSR count). The number of carbonyl (C=O) groups excluding carboxylic acids is 2. The van der Waals surface area contributed by atoms with Gasteiger partial charge in [-0.2, -0.15) is 0 Å². The SMILES string of the molecule is O=C(Nc1ccc(Cl)cc1)C1CCN(C(=O)CCOc2ccccc2)CC1. The number of benzene rings is 2. The van der Waals surface area contributed by atoms with Crippen molar-refractivity contribution in [2.45, 2.75) is 19.3 Å². The number of hydrogen-bond acceptors (Lipinski definition) is 3. The van der Waals surface area contributed by atoms with Crippen molar-refractivity contribution in [3.05, 3.63) is 59.6 Å². The van der Waals surface area contributed by atoms with Crippen molar-refractivity contribution < 1.29 is 14.3 Å². The average molecular weight is 387 g/mol. The van der Waals surface area contributed by atoms with Crippen LogP contribution < -0.4 is 10.1 Å². The lowest BCUT2D eigenvalue weighted by Gasteiger charge is -2.31. The van der Waals surface area contributed by atoms with Crippen molar-refractivity contribution in [2.75, 3.05) is 25.0 Å². The van der Waals surface area contributed by atoms with Crippen LogP contribution in [0.2, 0.25) is 5.02 Å². The van der Waals surface area contributed by atoms with E-state index < -0.39 is 0 Å². The number of piperidine rings is 1. The molecule has 0 bridgehead atoms. The molecule has 1 aliphatic heterocycles. The normalized spacial score (nSPS) is 14.6. The molecule has 1 aliphatic rings. The summed E-state index contributed by atoms with van der Waals surface area (Å²) in [5, 5.41) is 3.55. The van der Waals surface area contributed by atoms with Crippen LogP contribution in [-0.4, -0.2) is 36.4 Å². The van der Waals surface area contributed by atoms with E-state index in [2.05, 4.69) is 5.32 Å². The van der Waals surface area contributed by atoms with Crippen LogP contribution >= 0.6 is 11.6 Å². The lowest BCUT2D eigenvalue weighted by molar-refractivity contribution is -0.135. The largest absolute Gasteiger partial charge is 0.493 e. The fourth-order valence-electron chi connectivity index (χ4n) is 3.10. The molecule has 0 aliphatic carbocycles. The minimum absolute atomic E-state index is 0.00293. The number of anilines is 1. The monoisotopic (exact) mass is 386 g/mol. The zero-order valence-corrected chi connectivity index (χ0v) is 15.8. The van der Waals surface area contributed by atoms with E-state index in [4.69, 9.17) is 16.3 Å². The lowest BCUT2D eigenvalue weighted by Crippen LogP contribution is -2.41. The number of nitrogens with one attached hydrogen (secondary N) is 1. The number of ether oxygens (including phenoxy) is 1. The highest BCUT2D eigenvalue weighted by atomic mass is 35.5. The molecule has 142 valence electrons. The molecule has 0 radical (unpaired) electrons. The molecule has 0 saturated carbocycles. The minimum atomic E-state index is -0.0784. The van der Waals surface area contributed by atoms with Gasteiger partial charge in [0, 0.05) is 29.7 Å². The van der Waals surface area contributed by atoms with Crippen molar-refractivity contribution in [3.8, 4) is 5.75 Å². The summed E-state index contributed by atoms with van der Waals surface area (Å²) >= 11 is 5.85. The molecule has 0 aromatic heterocycles. The fourth-order valence-corrected chi connectivity index (χ4v) is 3.23. The van der Waals surface area contributed by atoms with Crippen molar-refractivity contribution in [3.63, 3.8) is 0 Å². The predicted octanol–water partition coefficient (Wildman–Crippen LogP) is 3.99. The first kappa shape index (κ1) is 19.2. The number of para-hydroxylation sites is 1. The Morgan fingerprint density at radius 3 is 2.37 bits per heavy atom. The quantitative estimate of drug-likeness (QED) is 0.816. The minimum Gasteiger partial charge on any atom is -0.493 e. The standard InChI is InChI=1S/C21H23ClN2O3/c22-17-6-8-18(9-7-17)23-21(26)16-10-13-24(14-11-16)20(25)12-15-27-19-4-2-1-3-5-19/h1-9,16H,10-15H2,(H,23,26). The Bertz CT molecular complexity index is 757. The van der Waals surface area contributed by atoms with E-state index >= 15 is 0 Å². The van der Waals surface area contributed by atoms with Gasteiger partial charge in [0.25, 0.3) is 0 Å².